The number of piperidine rings is 1. The van der Waals surface area contributed by atoms with Crippen LogP contribution < -0.4 is 0 Å². The first kappa shape index (κ1) is 15.7. The third-order valence-corrected chi connectivity index (χ3v) is 4.58. The van der Waals surface area contributed by atoms with Crippen LogP contribution in [0.2, 0.25) is 5.02 Å². The molecule has 6 heteroatoms. The number of carbonyl (C=O) groups is 1. The van der Waals surface area contributed by atoms with Crippen molar-refractivity contribution in [3.63, 3.8) is 0 Å². The lowest BCUT2D eigenvalue weighted by Crippen LogP contribution is -2.50. The van der Waals surface area contributed by atoms with Crippen LogP contribution in [0.3, 0.4) is 0 Å². The van der Waals surface area contributed by atoms with Crippen molar-refractivity contribution < 1.29 is 18.7 Å². The SMILES string of the molecule is O=C(Cc1c(F)cccc1Cl)N1CCCCC1C1OCCO1. The zero-order valence-electron chi connectivity index (χ0n) is 12.3. The first-order chi connectivity index (χ1) is 10.7. The van der Waals surface area contributed by atoms with Crippen molar-refractivity contribution in [2.24, 2.45) is 0 Å². The molecule has 2 aliphatic heterocycles. The van der Waals surface area contributed by atoms with Crippen LogP contribution in [0.15, 0.2) is 18.2 Å². The Morgan fingerprint density at radius 1 is 1.32 bits per heavy atom. The molecule has 1 unspecified atom stereocenters. The number of amides is 1. The van der Waals surface area contributed by atoms with E-state index in [2.05, 4.69) is 0 Å². The fourth-order valence-electron chi connectivity index (χ4n) is 3.10. The van der Waals surface area contributed by atoms with Crippen LogP contribution in [-0.2, 0) is 20.7 Å². The van der Waals surface area contributed by atoms with Crippen LogP contribution in [0.5, 0.6) is 0 Å². The minimum atomic E-state index is -0.442. The molecule has 4 nitrogen and oxygen atoms in total. The third-order valence-electron chi connectivity index (χ3n) is 4.22. The summed E-state index contributed by atoms with van der Waals surface area (Å²) < 4.78 is 25.0. The van der Waals surface area contributed by atoms with Gasteiger partial charge in [0.05, 0.1) is 25.7 Å². The summed E-state index contributed by atoms with van der Waals surface area (Å²) in [4.78, 5) is 14.4. The summed E-state index contributed by atoms with van der Waals surface area (Å²) in [7, 11) is 0. The van der Waals surface area contributed by atoms with Crippen LogP contribution >= 0.6 is 11.6 Å². The first-order valence-corrected chi connectivity index (χ1v) is 8.00. The van der Waals surface area contributed by atoms with Gasteiger partial charge < -0.3 is 14.4 Å². The van der Waals surface area contributed by atoms with Crippen LogP contribution in [0.25, 0.3) is 0 Å². The highest BCUT2D eigenvalue weighted by Crippen LogP contribution is 2.26. The van der Waals surface area contributed by atoms with E-state index in [0.29, 0.717) is 19.8 Å². The number of likely N-dealkylation sites (tertiary alicyclic amines) is 1. The van der Waals surface area contributed by atoms with Crippen molar-refractivity contribution >= 4 is 17.5 Å². The second-order valence-corrected chi connectivity index (χ2v) is 6.04. The Bertz CT molecular complexity index is 528. The molecule has 0 spiro atoms. The molecule has 2 saturated heterocycles. The topological polar surface area (TPSA) is 38.8 Å². The lowest BCUT2D eigenvalue weighted by molar-refractivity contribution is -0.150. The maximum atomic E-state index is 13.9. The van der Waals surface area contributed by atoms with Crippen molar-refractivity contribution in [1.29, 1.82) is 0 Å². The Kier molecular flexibility index (Phi) is 4.96. The standard InChI is InChI=1S/C16H19ClFNO3/c17-12-4-3-5-13(18)11(12)10-15(20)19-7-2-1-6-14(19)16-21-8-9-22-16/h3-5,14,16H,1-2,6-10H2. The molecule has 0 aromatic heterocycles. The number of rotatable bonds is 3. The van der Waals surface area contributed by atoms with Gasteiger partial charge >= 0.3 is 0 Å². The van der Waals surface area contributed by atoms with Gasteiger partial charge in [-0.3, -0.25) is 4.79 Å². The van der Waals surface area contributed by atoms with Crippen LogP contribution in [0.4, 0.5) is 4.39 Å². The van der Waals surface area contributed by atoms with Gasteiger partial charge in [0.2, 0.25) is 5.91 Å². The number of hydrogen-bond acceptors (Lipinski definition) is 3. The fraction of sp³-hybridized carbons (Fsp3) is 0.562. The van der Waals surface area contributed by atoms with Crippen molar-refractivity contribution in [1.82, 2.24) is 4.90 Å². The molecule has 0 radical (unpaired) electrons. The van der Waals surface area contributed by atoms with E-state index in [0.717, 1.165) is 19.3 Å². The van der Waals surface area contributed by atoms with Gasteiger partial charge in [-0.1, -0.05) is 17.7 Å². The minimum Gasteiger partial charge on any atom is -0.348 e. The van der Waals surface area contributed by atoms with E-state index in [1.54, 1.807) is 11.0 Å². The zero-order valence-corrected chi connectivity index (χ0v) is 13.0. The molecule has 120 valence electrons. The maximum absolute atomic E-state index is 13.9. The summed E-state index contributed by atoms with van der Waals surface area (Å²) in [5.41, 5.74) is 0.256. The minimum absolute atomic E-state index is 0.0330. The summed E-state index contributed by atoms with van der Waals surface area (Å²) in [5.74, 6) is -0.571. The summed E-state index contributed by atoms with van der Waals surface area (Å²) >= 11 is 6.02. The summed E-state index contributed by atoms with van der Waals surface area (Å²) in [5, 5.41) is 0.287. The maximum Gasteiger partial charge on any atom is 0.227 e. The Morgan fingerprint density at radius 2 is 2.09 bits per heavy atom. The molecular weight excluding hydrogens is 309 g/mol. The molecule has 1 aromatic rings. The van der Waals surface area contributed by atoms with Gasteiger partial charge in [-0.25, -0.2) is 4.39 Å². The molecule has 0 aliphatic carbocycles. The third kappa shape index (κ3) is 3.26. The molecule has 0 saturated carbocycles. The van der Waals surface area contributed by atoms with Crippen LogP contribution in [0, 0.1) is 5.82 Å². The quantitative estimate of drug-likeness (QED) is 0.857. The normalized spacial score (nSPS) is 23.0. The number of carbonyl (C=O) groups excluding carboxylic acids is 1. The number of benzene rings is 1. The predicted molar refractivity (Wildman–Crippen MR) is 80.2 cm³/mol. The number of hydrogen-bond donors (Lipinski definition) is 0. The largest absolute Gasteiger partial charge is 0.348 e. The van der Waals surface area contributed by atoms with Crippen molar-refractivity contribution in [2.45, 2.75) is 38.0 Å². The van der Waals surface area contributed by atoms with E-state index < -0.39 is 5.82 Å². The highest BCUT2D eigenvalue weighted by atomic mass is 35.5. The van der Waals surface area contributed by atoms with Gasteiger partial charge in [-0.15, -0.1) is 0 Å². The molecule has 1 atom stereocenters. The van der Waals surface area contributed by atoms with E-state index in [-0.39, 0.29) is 35.2 Å². The van der Waals surface area contributed by atoms with Gasteiger partial charge in [-0.2, -0.15) is 0 Å². The lowest BCUT2D eigenvalue weighted by Gasteiger charge is -2.38. The van der Waals surface area contributed by atoms with E-state index >= 15 is 0 Å². The van der Waals surface area contributed by atoms with E-state index in [1.807, 2.05) is 0 Å². The van der Waals surface area contributed by atoms with Crippen molar-refractivity contribution in [3.8, 4) is 0 Å². The molecule has 2 aliphatic rings. The molecule has 1 aromatic carbocycles. The number of ether oxygens (including phenoxy) is 2. The van der Waals surface area contributed by atoms with E-state index in [9.17, 15) is 9.18 Å². The Labute approximate surface area is 134 Å². The molecule has 22 heavy (non-hydrogen) atoms. The molecule has 3 rings (SSSR count). The second-order valence-electron chi connectivity index (χ2n) is 5.64. The van der Waals surface area contributed by atoms with Crippen LogP contribution in [-0.4, -0.2) is 42.9 Å². The molecule has 0 N–H and O–H groups in total. The molecular formula is C16H19ClFNO3. The monoisotopic (exact) mass is 327 g/mol. The Hall–Kier alpha value is -1.17. The number of halogens is 2. The molecule has 1 amide bonds. The average Bonchev–Trinajstić information content (AvgIpc) is 3.05. The fourth-order valence-corrected chi connectivity index (χ4v) is 3.33. The second kappa shape index (κ2) is 6.94. The summed E-state index contributed by atoms with van der Waals surface area (Å²) in [6, 6.07) is 4.37. The summed E-state index contributed by atoms with van der Waals surface area (Å²) in [6.45, 7) is 1.77. The van der Waals surface area contributed by atoms with Gasteiger partial charge in [-0.05, 0) is 31.4 Å². The lowest BCUT2D eigenvalue weighted by atomic mass is 10.00. The van der Waals surface area contributed by atoms with Gasteiger partial charge in [0.25, 0.3) is 0 Å². The summed E-state index contributed by atoms with van der Waals surface area (Å²) in [6.07, 6.45) is 2.44. The first-order valence-electron chi connectivity index (χ1n) is 7.62. The number of nitrogens with zero attached hydrogens (tertiary/aromatic N) is 1. The van der Waals surface area contributed by atoms with Gasteiger partial charge in [0.15, 0.2) is 6.29 Å². The van der Waals surface area contributed by atoms with E-state index in [4.69, 9.17) is 21.1 Å². The zero-order chi connectivity index (χ0) is 15.5. The molecule has 2 heterocycles. The smallest absolute Gasteiger partial charge is 0.227 e. The average molecular weight is 328 g/mol. The Morgan fingerprint density at radius 3 is 2.82 bits per heavy atom. The highest BCUT2D eigenvalue weighted by Gasteiger charge is 2.36. The molecule has 2 fully saturated rings. The van der Waals surface area contributed by atoms with Gasteiger partial charge in [0, 0.05) is 17.1 Å². The molecule has 0 bridgehead atoms. The highest BCUT2D eigenvalue weighted by molar-refractivity contribution is 6.31. The van der Waals surface area contributed by atoms with Crippen molar-refractivity contribution in [2.75, 3.05) is 19.8 Å². The van der Waals surface area contributed by atoms with Crippen molar-refractivity contribution in [3.05, 3.63) is 34.6 Å². The van der Waals surface area contributed by atoms with Gasteiger partial charge in [0.1, 0.15) is 5.82 Å². The van der Waals surface area contributed by atoms with E-state index in [1.165, 1.54) is 12.1 Å². The van der Waals surface area contributed by atoms with Crippen LogP contribution in [0.1, 0.15) is 24.8 Å². The predicted octanol–water partition coefficient (Wildman–Crippen LogP) is 2.78. The Balaban J connectivity index is 1.74.